The Labute approximate surface area is 56.2 Å². The molecule has 0 radical (unpaired) electrons. The molecule has 0 saturated carbocycles. The molecule has 0 aliphatic carbocycles. The minimum Gasteiger partial charge on any atom is -1.00 e. The second-order valence-corrected chi connectivity index (χ2v) is 0.346. The SMILES string of the molecule is OB(O)O.[F-].[Mg+2].[OH-]. The van der Waals surface area contributed by atoms with E-state index in [2.05, 4.69) is 0 Å². The zero-order chi connectivity index (χ0) is 3.58. The molecule has 0 fully saturated rings. The van der Waals surface area contributed by atoms with Crippen LogP contribution in [0.2, 0.25) is 0 Å². The molecule has 0 aliphatic heterocycles. The van der Waals surface area contributed by atoms with E-state index in [4.69, 9.17) is 15.1 Å². The third-order valence-electron chi connectivity index (χ3n) is 0. The molecule has 0 atom stereocenters. The molecule has 0 aromatic heterocycles. The normalized spacial score (nSPS) is 3.86. The first-order chi connectivity index (χ1) is 1.73. The maximum absolute atomic E-state index is 7.17. The van der Waals surface area contributed by atoms with Gasteiger partial charge in [-0.1, -0.05) is 0 Å². The van der Waals surface area contributed by atoms with E-state index in [1.165, 1.54) is 0 Å². The summed E-state index contributed by atoms with van der Waals surface area (Å²) >= 11 is 0. The van der Waals surface area contributed by atoms with Crippen LogP contribution in [0.3, 0.4) is 0 Å². The van der Waals surface area contributed by atoms with Crippen molar-refractivity contribution in [3.05, 3.63) is 0 Å². The van der Waals surface area contributed by atoms with Crippen molar-refractivity contribution in [1.82, 2.24) is 0 Å². The maximum Gasteiger partial charge on any atom is 2.00 e. The van der Waals surface area contributed by atoms with Crippen LogP contribution in [-0.4, -0.2) is 50.9 Å². The van der Waals surface area contributed by atoms with Crippen LogP contribution in [0, 0.1) is 0 Å². The summed E-state index contributed by atoms with van der Waals surface area (Å²) in [6.45, 7) is 0. The van der Waals surface area contributed by atoms with E-state index in [-0.39, 0.29) is 33.2 Å². The molecule has 4 nitrogen and oxygen atoms in total. The van der Waals surface area contributed by atoms with Gasteiger partial charge in [-0.2, -0.15) is 0 Å². The van der Waals surface area contributed by atoms with Gasteiger partial charge in [-0.05, 0) is 0 Å². The molecule has 0 amide bonds. The fourth-order valence-corrected chi connectivity index (χ4v) is 0. The molecule has 7 heavy (non-hydrogen) atoms. The largest absolute Gasteiger partial charge is 2.00 e. The molecular weight excluding hydrogens is 118 g/mol. The summed E-state index contributed by atoms with van der Waals surface area (Å²) < 4.78 is 0. The van der Waals surface area contributed by atoms with Crippen molar-refractivity contribution in [3.63, 3.8) is 0 Å². The summed E-state index contributed by atoms with van der Waals surface area (Å²) in [7, 11) is -2.17. The van der Waals surface area contributed by atoms with E-state index >= 15 is 0 Å². The van der Waals surface area contributed by atoms with Gasteiger partial charge in [-0.3, -0.25) is 0 Å². The Bertz CT molecular complexity index is 16.4. The Hall–Kier alpha value is 0.601. The molecule has 0 unspecified atom stereocenters. The van der Waals surface area contributed by atoms with Gasteiger partial charge in [0.05, 0.1) is 0 Å². The van der Waals surface area contributed by atoms with Crippen LogP contribution in [0.15, 0.2) is 0 Å². The Morgan fingerprint density at radius 2 is 1.00 bits per heavy atom. The minimum atomic E-state index is -2.17. The molecule has 0 heterocycles. The third kappa shape index (κ3) is 387. The first-order valence-electron chi connectivity index (χ1n) is 0.775. The number of rotatable bonds is 0. The van der Waals surface area contributed by atoms with Crippen molar-refractivity contribution >= 4 is 30.4 Å². The third-order valence-corrected chi connectivity index (χ3v) is 0. The van der Waals surface area contributed by atoms with Crippen molar-refractivity contribution in [2.24, 2.45) is 0 Å². The van der Waals surface area contributed by atoms with Crippen molar-refractivity contribution in [1.29, 1.82) is 0 Å². The fraction of sp³-hybridized carbons (Fsp3) is 0. The van der Waals surface area contributed by atoms with Crippen LogP contribution < -0.4 is 4.70 Å². The summed E-state index contributed by atoms with van der Waals surface area (Å²) in [5, 5.41) is 21.5. The average Bonchev–Trinajstić information content (AvgIpc) is 0.811. The molecular formula is H4BFMgO4. The number of halogens is 1. The van der Waals surface area contributed by atoms with E-state index < -0.39 is 7.32 Å². The van der Waals surface area contributed by atoms with Gasteiger partial charge in [0.25, 0.3) is 0 Å². The van der Waals surface area contributed by atoms with Gasteiger partial charge in [0.2, 0.25) is 0 Å². The van der Waals surface area contributed by atoms with E-state index in [1.807, 2.05) is 0 Å². The van der Waals surface area contributed by atoms with E-state index in [0.29, 0.717) is 0 Å². The van der Waals surface area contributed by atoms with Gasteiger partial charge in [0.1, 0.15) is 0 Å². The standard InChI is InChI=1S/BH3O3.FH.Mg.H2O/c2-1(3)4;;;/h2-4H;1H;;1H2/q;;+2;/p-2. The van der Waals surface area contributed by atoms with Gasteiger partial charge in [-0.15, -0.1) is 0 Å². The zero-order valence-corrected chi connectivity index (χ0v) is 4.87. The van der Waals surface area contributed by atoms with Gasteiger partial charge in [0.15, 0.2) is 0 Å². The Morgan fingerprint density at radius 1 is 1.00 bits per heavy atom. The van der Waals surface area contributed by atoms with Crippen molar-refractivity contribution < 1.29 is 25.3 Å². The van der Waals surface area contributed by atoms with Gasteiger partial charge >= 0.3 is 30.4 Å². The topological polar surface area (TPSA) is 90.7 Å². The molecule has 0 aromatic rings. The Kier molecular flexibility index (Phi) is 58.3. The Morgan fingerprint density at radius 3 is 1.00 bits per heavy atom. The van der Waals surface area contributed by atoms with Crippen LogP contribution in [0.1, 0.15) is 0 Å². The summed E-state index contributed by atoms with van der Waals surface area (Å²) in [6, 6.07) is 0. The van der Waals surface area contributed by atoms with Gasteiger partial charge < -0.3 is 25.3 Å². The maximum atomic E-state index is 7.17. The molecule has 0 spiro atoms. The smallest absolute Gasteiger partial charge is 1.00 e. The molecule has 40 valence electrons. The molecule has 0 saturated heterocycles. The predicted molar refractivity (Wildman–Crippen MR) is 20.1 cm³/mol. The van der Waals surface area contributed by atoms with E-state index in [1.54, 1.807) is 0 Å². The van der Waals surface area contributed by atoms with Crippen LogP contribution in [0.4, 0.5) is 0 Å². The second kappa shape index (κ2) is 16.0. The van der Waals surface area contributed by atoms with Crippen LogP contribution in [-0.2, 0) is 0 Å². The van der Waals surface area contributed by atoms with Crippen LogP contribution in [0.25, 0.3) is 0 Å². The van der Waals surface area contributed by atoms with Crippen LogP contribution >= 0.6 is 0 Å². The summed E-state index contributed by atoms with van der Waals surface area (Å²) in [4.78, 5) is 0. The van der Waals surface area contributed by atoms with E-state index in [9.17, 15) is 0 Å². The van der Waals surface area contributed by atoms with Crippen molar-refractivity contribution in [2.45, 2.75) is 0 Å². The average molecular weight is 122 g/mol. The van der Waals surface area contributed by atoms with E-state index in [0.717, 1.165) is 0 Å². The number of hydrogen-bond donors (Lipinski definition) is 3. The summed E-state index contributed by atoms with van der Waals surface area (Å²) in [5.74, 6) is 0. The first-order valence-corrected chi connectivity index (χ1v) is 0.775. The van der Waals surface area contributed by atoms with Crippen molar-refractivity contribution in [3.8, 4) is 0 Å². The first kappa shape index (κ1) is 25.5. The van der Waals surface area contributed by atoms with Gasteiger partial charge in [-0.25, -0.2) is 0 Å². The molecule has 0 bridgehead atoms. The number of hydrogen-bond acceptors (Lipinski definition) is 4. The monoisotopic (exact) mass is 122 g/mol. The Balaban J connectivity index is -0.0000000150. The van der Waals surface area contributed by atoms with Gasteiger partial charge in [0, 0.05) is 0 Å². The minimum absolute atomic E-state index is 0. The zero-order valence-electron chi connectivity index (χ0n) is 3.45. The molecule has 0 aromatic carbocycles. The van der Waals surface area contributed by atoms with Crippen LogP contribution in [0.5, 0.6) is 0 Å². The quantitative estimate of drug-likeness (QED) is 0.279. The second-order valence-electron chi connectivity index (χ2n) is 0.346. The van der Waals surface area contributed by atoms with Crippen molar-refractivity contribution in [2.75, 3.05) is 0 Å². The fourth-order valence-electron chi connectivity index (χ4n) is 0. The summed E-state index contributed by atoms with van der Waals surface area (Å²) in [5.41, 5.74) is 0. The molecule has 0 rings (SSSR count). The molecule has 7 heteroatoms. The summed E-state index contributed by atoms with van der Waals surface area (Å²) in [6.07, 6.45) is 0. The predicted octanol–water partition coefficient (Wildman–Crippen LogP) is -5.61. The molecule has 0 aliphatic rings. The molecule has 4 N–H and O–H groups in total.